The van der Waals surface area contributed by atoms with Gasteiger partial charge in [0.05, 0.1) is 28.1 Å². The number of hydrogen-bond acceptors (Lipinski definition) is 9. The van der Waals surface area contributed by atoms with E-state index in [9.17, 15) is 39.3 Å². The molecule has 3 N–H and O–H groups in total. The largest absolute Gasteiger partial charge is 0.477 e. The van der Waals surface area contributed by atoms with Gasteiger partial charge in [-0.2, -0.15) is 0 Å². The Labute approximate surface area is 298 Å². The molecule has 0 bridgehead atoms. The van der Waals surface area contributed by atoms with E-state index < -0.39 is 58.1 Å². The summed E-state index contributed by atoms with van der Waals surface area (Å²) in [4.78, 5) is 65.8. The quantitative estimate of drug-likeness (QED) is 0.288. The Morgan fingerprint density at radius 3 is 2.30 bits per heavy atom. The van der Waals surface area contributed by atoms with Crippen molar-refractivity contribution in [2.75, 3.05) is 37.7 Å². The van der Waals surface area contributed by atoms with Gasteiger partial charge in [0.25, 0.3) is 0 Å². The average Bonchev–Trinajstić information content (AvgIpc) is 3.73. The molecule has 3 aliphatic heterocycles. The van der Waals surface area contributed by atoms with Gasteiger partial charge < -0.3 is 34.4 Å². The summed E-state index contributed by atoms with van der Waals surface area (Å²) in [7, 11) is 0. The average molecular weight is 649 g/mol. The number of anilines is 1. The van der Waals surface area contributed by atoms with Crippen LogP contribution < -0.4 is 10.3 Å². The molecular formula is C27H27FN4Na2O9S. The molecule has 3 atom stereocenters. The molecular weight excluding hydrogens is 621 g/mol. The number of ether oxygens (including phenoxy) is 1. The van der Waals surface area contributed by atoms with E-state index in [1.54, 1.807) is 15.5 Å². The maximum absolute atomic E-state index is 15.2. The number of carboxylic acids is 2. The van der Waals surface area contributed by atoms with E-state index in [-0.39, 0.29) is 120 Å². The summed E-state index contributed by atoms with van der Waals surface area (Å²) in [5.41, 5.74) is -0.729. The van der Waals surface area contributed by atoms with Crippen LogP contribution in [0.15, 0.2) is 33.7 Å². The SMILES string of the molecule is C[C@@H](O)[C@H]1C(=O)N2C(C(=O)O)=C(COC(=O)N3CCN(c4cc5c(cc4F)c(=O)c(C(=O)O)cn5C4CC4)CC3)S[C@H]12.[Na].[Na]. The molecule has 224 valence electrons. The number of fused-ring (bicyclic) bond motifs is 2. The first-order valence-corrected chi connectivity index (χ1v) is 14.3. The van der Waals surface area contributed by atoms with Crippen molar-refractivity contribution in [3.05, 3.63) is 50.5 Å². The molecule has 1 aromatic heterocycles. The Bertz CT molecular complexity index is 1640. The van der Waals surface area contributed by atoms with Crippen molar-refractivity contribution in [2.24, 2.45) is 5.92 Å². The molecule has 4 aliphatic rings. The van der Waals surface area contributed by atoms with Crippen molar-refractivity contribution in [1.29, 1.82) is 0 Å². The number of aromatic nitrogens is 1. The molecule has 2 amide bonds. The van der Waals surface area contributed by atoms with Crippen LogP contribution >= 0.6 is 11.8 Å². The molecule has 1 aliphatic carbocycles. The van der Waals surface area contributed by atoms with Crippen LogP contribution in [-0.4, -0.2) is 157 Å². The van der Waals surface area contributed by atoms with Crippen molar-refractivity contribution < 1.29 is 43.6 Å². The summed E-state index contributed by atoms with van der Waals surface area (Å²) in [5, 5.41) is 28.4. The third-order valence-corrected chi connectivity index (χ3v) is 9.39. The number of carboxylic acid groups (broad SMARTS) is 2. The first kappa shape index (κ1) is 34.8. The molecule has 3 fully saturated rings. The number of nitrogens with zero attached hydrogens (tertiary/aromatic N) is 4. The minimum atomic E-state index is -1.37. The van der Waals surface area contributed by atoms with E-state index in [1.807, 2.05) is 0 Å². The minimum absolute atomic E-state index is 0. The molecule has 6 rings (SSSR count). The van der Waals surface area contributed by atoms with Gasteiger partial charge in [-0.3, -0.25) is 14.5 Å². The van der Waals surface area contributed by atoms with E-state index in [1.165, 1.54) is 18.0 Å². The fourth-order valence-corrected chi connectivity index (χ4v) is 7.23. The number of aliphatic hydroxyl groups excluding tert-OH is 1. The number of piperazine rings is 1. The van der Waals surface area contributed by atoms with Crippen molar-refractivity contribution in [3.8, 4) is 0 Å². The van der Waals surface area contributed by atoms with Gasteiger partial charge in [-0.05, 0) is 31.9 Å². The first-order chi connectivity index (χ1) is 20.0. The summed E-state index contributed by atoms with van der Waals surface area (Å²) in [6, 6.07) is 2.66. The summed E-state index contributed by atoms with van der Waals surface area (Å²) in [5.74, 6) is -4.60. The van der Waals surface area contributed by atoms with Gasteiger partial charge in [0.2, 0.25) is 11.3 Å². The standard InChI is InChI=1S/C27H27FN4O9S.2Na/c1-12(33)20-23(35)32-21(26(38)39)19(42-24(20)32)11-41-27(40)30-6-4-29(5-7-30)18-9-17-14(8-16(18)28)22(34)15(25(36)37)10-31(17)13-2-3-13;;/h8-10,12-13,20,24,33H,2-7,11H2,1H3,(H,36,37)(H,38,39);;/t12-,20+,24-;;/m1../s1. The number of thioether (sulfide) groups is 1. The monoisotopic (exact) mass is 648 g/mol. The number of β-lactam (4-membered cyclic amide) rings is 1. The van der Waals surface area contributed by atoms with E-state index in [4.69, 9.17) is 4.74 Å². The van der Waals surface area contributed by atoms with Crippen LogP contribution in [0.5, 0.6) is 0 Å². The zero-order valence-corrected chi connectivity index (χ0v) is 29.2. The Hall–Kier alpha value is -2.11. The Morgan fingerprint density at radius 1 is 1.07 bits per heavy atom. The van der Waals surface area contributed by atoms with Gasteiger partial charge >= 0.3 is 18.0 Å². The number of amides is 2. The molecule has 44 heavy (non-hydrogen) atoms. The van der Waals surface area contributed by atoms with Gasteiger partial charge in [0.15, 0.2) is 0 Å². The zero-order chi connectivity index (χ0) is 30.0. The van der Waals surface area contributed by atoms with Crippen LogP contribution in [0.4, 0.5) is 14.9 Å². The van der Waals surface area contributed by atoms with Gasteiger partial charge in [-0.1, -0.05) is 11.8 Å². The van der Waals surface area contributed by atoms with Crippen LogP contribution in [0.2, 0.25) is 0 Å². The molecule has 4 heterocycles. The number of benzene rings is 1. The summed E-state index contributed by atoms with van der Waals surface area (Å²) >= 11 is 1.08. The normalized spacial score (nSPS) is 21.7. The predicted octanol–water partition coefficient (Wildman–Crippen LogP) is 0.879. The van der Waals surface area contributed by atoms with Crippen LogP contribution in [0.1, 0.15) is 36.2 Å². The molecule has 0 unspecified atom stereocenters. The van der Waals surface area contributed by atoms with Crippen LogP contribution in [0.25, 0.3) is 10.9 Å². The smallest absolute Gasteiger partial charge is 0.410 e. The number of carbonyl (C=O) groups is 4. The van der Waals surface area contributed by atoms with Crippen LogP contribution in [0.3, 0.4) is 0 Å². The summed E-state index contributed by atoms with van der Waals surface area (Å²) in [6.07, 6.45) is 1.32. The van der Waals surface area contributed by atoms with Crippen molar-refractivity contribution >= 4 is 111 Å². The molecule has 17 heteroatoms. The van der Waals surface area contributed by atoms with E-state index in [0.29, 0.717) is 5.52 Å². The number of pyridine rings is 1. The second-order valence-corrected chi connectivity index (χ2v) is 11.9. The third kappa shape index (κ3) is 6.05. The molecule has 1 saturated carbocycles. The maximum Gasteiger partial charge on any atom is 0.410 e. The topological polar surface area (TPSA) is 170 Å². The van der Waals surface area contributed by atoms with E-state index in [2.05, 4.69) is 0 Å². The van der Waals surface area contributed by atoms with E-state index in [0.717, 1.165) is 35.6 Å². The Balaban J connectivity index is 0.00000221. The molecule has 2 saturated heterocycles. The summed E-state index contributed by atoms with van der Waals surface area (Å²) < 4.78 is 22.4. The van der Waals surface area contributed by atoms with Gasteiger partial charge in [-0.15, -0.1) is 0 Å². The predicted molar refractivity (Wildman–Crippen MR) is 158 cm³/mol. The van der Waals surface area contributed by atoms with E-state index >= 15 is 4.39 Å². The number of rotatable bonds is 7. The molecule has 2 radical (unpaired) electrons. The molecule has 1 aromatic carbocycles. The fraction of sp³-hybridized carbons (Fsp3) is 0.444. The van der Waals surface area contributed by atoms with Gasteiger partial charge in [0, 0.05) is 103 Å². The van der Waals surface area contributed by atoms with Crippen molar-refractivity contribution in [2.45, 2.75) is 37.3 Å². The third-order valence-electron chi connectivity index (χ3n) is 8.05. The second kappa shape index (κ2) is 13.3. The Morgan fingerprint density at radius 2 is 1.73 bits per heavy atom. The summed E-state index contributed by atoms with van der Waals surface area (Å²) in [6.45, 7) is 1.96. The number of aromatic carboxylic acids is 1. The molecule has 0 spiro atoms. The number of aliphatic carboxylic acids is 1. The molecule has 2 aromatic rings. The zero-order valence-electron chi connectivity index (χ0n) is 24.4. The maximum atomic E-state index is 15.2. The van der Waals surface area contributed by atoms with Crippen molar-refractivity contribution in [3.63, 3.8) is 0 Å². The number of aliphatic hydroxyl groups is 1. The second-order valence-electron chi connectivity index (χ2n) is 10.7. The molecule has 13 nitrogen and oxygen atoms in total. The number of hydrogen-bond donors (Lipinski definition) is 3. The van der Waals surface area contributed by atoms with Crippen LogP contribution in [-0.2, 0) is 14.3 Å². The number of halogens is 1. The first-order valence-electron chi connectivity index (χ1n) is 13.4. The number of carbonyl (C=O) groups excluding carboxylic acids is 2. The van der Waals surface area contributed by atoms with Gasteiger partial charge in [-0.25, -0.2) is 18.8 Å². The van der Waals surface area contributed by atoms with Crippen molar-refractivity contribution in [1.82, 2.24) is 14.4 Å². The Kier molecular flexibility index (Phi) is 10.5. The minimum Gasteiger partial charge on any atom is -0.477 e. The van der Waals surface area contributed by atoms with Crippen LogP contribution in [0, 0.1) is 11.7 Å². The fourth-order valence-electron chi connectivity index (χ4n) is 5.71. The van der Waals surface area contributed by atoms with Gasteiger partial charge in [0.1, 0.15) is 29.1 Å².